The van der Waals surface area contributed by atoms with E-state index in [2.05, 4.69) is 19.6 Å². The molecule has 11 heteroatoms. The summed E-state index contributed by atoms with van der Waals surface area (Å²) in [6.07, 6.45) is 4.91. The van der Waals surface area contributed by atoms with E-state index in [0.717, 1.165) is 22.5 Å². The van der Waals surface area contributed by atoms with Crippen molar-refractivity contribution in [3.63, 3.8) is 0 Å². The molecule has 42 heavy (non-hydrogen) atoms. The van der Waals surface area contributed by atoms with E-state index in [1.807, 2.05) is 23.1 Å². The van der Waals surface area contributed by atoms with Crippen molar-refractivity contribution in [1.29, 1.82) is 0 Å². The summed E-state index contributed by atoms with van der Waals surface area (Å²) in [7, 11) is -2.14. The summed E-state index contributed by atoms with van der Waals surface area (Å²) in [5.74, 6) is 1.44. The Bertz CT molecular complexity index is 1840. The van der Waals surface area contributed by atoms with E-state index >= 15 is 0 Å². The number of carbonyl (C=O) groups is 1. The second-order valence-electron chi connectivity index (χ2n) is 9.82. The molecule has 3 heterocycles. The van der Waals surface area contributed by atoms with Crippen LogP contribution < -0.4 is 14.4 Å². The smallest absolute Gasteiger partial charge is 0.261 e. The number of sulfonamides is 1. The fourth-order valence-electron chi connectivity index (χ4n) is 4.86. The first-order valence-electron chi connectivity index (χ1n) is 13.4. The van der Waals surface area contributed by atoms with Crippen molar-refractivity contribution in [1.82, 2.24) is 19.9 Å². The molecule has 6 rings (SSSR count). The van der Waals surface area contributed by atoms with E-state index in [4.69, 9.17) is 9.72 Å². The molecular formula is C31H28N6O4S. The lowest BCUT2D eigenvalue weighted by Gasteiger charge is -2.35. The zero-order valence-electron chi connectivity index (χ0n) is 22.8. The van der Waals surface area contributed by atoms with Gasteiger partial charge in [0.05, 0.1) is 41.1 Å². The van der Waals surface area contributed by atoms with Crippen molar-refractivity contribution in [3.05, 3.63) is 103 Å². The van der Waals surface area contributed by atoms with Gasteiger partial charge in [0, 0.05) is 43.5 Å². The van der Waals surface area contributed by atoms with Crippen LogP contribution in [0.3, 0.4) is 0 Å². The number of aromatic nitrogens is 3. The molecule has 0 spiro atoms. The molecule has 0 radical (unpaired) electrons. The molecule has 1 amide bonds. The van der Waals surface area contributed by atoms with E-state index in [9.17, 15) is 13.2 Å². The van der Waals surface area contributed by atoms with Crippen LogP contribution in [0, 0.1) is 0 Å². The number of nitrogens with zero attached hydrogens (tertiary/aromatic N) is 5. The summed E-state index contributed by atoms with van der Waals surface area (Å²) in [5, 5.41) is 0. The van der Waals surface area contributed by atoms with Crippen molar-refractivity contribution in [2.45, 2.75) is 4.90 Å². The van der Waals surface area contributed by atoms with Gasteiger partial charge in [-0.05, 0) is 60.2 Å². The molecule has 0 atom stereocenters. The van der Waals surface area contributed by atoms with Crippen LogP contribution in [0.2, 0.25) is 0 Å². The number of piperazine rings is 1. The van der Waals surface area contributed by atoms with Crippen LogP contribution in [-0.4, -0.2) is 67.5 Å². The van der Waals surface area contributed by atoms with Crippen LogP contribution in [0.1, 0.15) is 10.4 Å². The van der Waals surface area contributed by atoms with Crippen LogP contribution in [0.4, 0.5) is 11.5 Å². The van der Waals surface area contributed by atoms with E-state index in [1.54, 1.807) is 68.0 Å². The average Bonchev–Trinajstić information content (AvgIpc) is 3.04. The Hall–Kier alpha value is -5.03. The second-order valence-corrected chi connectivity index (χ2v) is 11.5. The monoisotopic (exact) mass is 580 g/mol. The van der Waals surface area contributed by atoms with E-state index in [1.165, 1.54) is 18.3 Å². The Morgan fingerprint density at radius 2 is 1.60 bits per heavy atom. The number of benzene rings is 3. The molecule has 1 aliphatic rings. The van der Waals surface area contributed by atoms with Crippen LogP contribution in [0.15, 0.2) is 102 Å². The second kappa shape index (κ2) is 11.5. The quantitative estimate of drug-likeness (QED) is 0.300. The largest absolute Gasteiger partial charge is 0.497 e. The standard InChI is InChI=1S/C31H28N6O4S/c1-41-26-10-7-22(8-11-26)31(38)37-15-13-36(14-16-37)30-21-33-28-12-9-23(18-29(28)34-30)24-17-25(20-32-19-24)35-42(39,40)27-5-3-2-4-6-27/h2-12,17-21,35H,13-16H2,1H3. The maximum Gasteiger partial charge on any atom is 0.261 e. The lowest BCUT2D eigenvalue weighted by atomic mass is 10.1. The van der Waals surface area contributed by atoms with Gasteiger partial charge in [-0.2, -0.15) is 0 Å². The summed E-state index contributed by atoms with van der Waals surface area (Å²) >= 11 is 0. The highest BCUT2D eigenvalue weighted by atomic mass is 32.2. The Kier molecular flexibility index (Phi) is 7.41. The fourth-order valence-corrected chi connectivity index (χ4v) is 5.91. The van der Waals surface area contributed by atoms with Gasteiger partial charge >= 0.3 is 0 Å². The molecule has 0 aliphatic carbocycles. The van der Waals surface area contributed by atoms with Crippen LogP contribution in [0.25, 0.3) is 22.2 Å². The Balaban J connectivity index is 1.17. The summed E-state index contributed by atoms with van der Waals surface area (Å²) in [6, 6.07) is 22.8. The zero-order valence-corrected chi connectivity index (χ0v) is 23.7. The van der Waals surface area contributed by atoms with Gasteiger partial charge in [-0.25, -0.2) is 13.4 Å². The molecule has 0 bridgehead atoms. The first kappa shape index (κ1) is 27.2. The number of nitrogens with one attached hydrogen (secondary N) is 1. The van der Waals surface area contributed by atoms with Crippen molar-refractivity contribution in [3.8, 4) is 16.9 Å². The highest BCUT2D eigenvalue weighted by molar-refractivity contribution is 7.92. The Morgan fingerprint density at radius 1 is 0.833 bits per heavy atom. The minimum absolute atomic E-state index is 0.00608. The summed E-state index contributed by atoms with van der Waals surface area (Å²) < 4.78 is 33.3. The maximum absolute atomic E-state index is 13.0. The molecule has 5 aromatic rings. The van der Waals surface area contributed by atoms with Gasteiger partial charge in [0.15, 0.2) is 0 Å². The van der Waals surface area contributed by atoms with Gasteiger partial charge in [0.1, 0.15) is 11.6 Å². The molecule has 1 N–H and O–H groups in total. The Morgan fingerprint density at radius 3 is 2.33 bits per heavy atom. The molecule has 0 saturated carbocycles. The van der Waals surface area contributed by atoms with Gasteiger partial charge in [0.25, 0.3) is 15.9 Å². The summed E-state index contributed by atoms with van der Waals surface area (Å²) in [4.78, 5) is 30.8. The minimum atomic E-state index is -3.74. The number of carbonyl (C=O) groups excluding carboxylic acids is 1. The van der Waals surface area contributed by atoms with E-state index < -0.39 is 10.0 Å². The van der Waals surface area contributed by atoms with Crippen LogP contribution in [0.5, 0.6) is 5.75 Å². The van der Waals surface area contributed by atoms with Gasteiger partial charge in [-0.1, -0.05) is 24.3 Å². The molecule has 1 saturated heterocycles. The molecule has 1 fully saturated rings. The number of pyridine rings is 1. The lowest BCUT2D eigenvalue weighted by molar-refractivity contribution is 0.0746. The molecule has 3 aromatic carbocycles. The van der Waals surface area contributed by atoms with Crippen molar-refractivity contribution in [2.75, 3.05) is 42.9 Å². The molecule has 1 aliphatic heterocycles. The fraction of sp³-hybridized carbons (Fsp3) is 0.161. The molecule has 0 unspecified atom stereocenters. The predicted octanol–water partition coefficient (Wildman–Crippen LogP) is 4.46. The van der Waals surface area contributed by atoms with Crippen molar-refractivity contribution < 1.29 is 17.9 Å². The number of hydrogen-bond donors (Lipinski definition) is 1. The van der Waals surface area contributed by atoms with Gasteiger partial charge < -0.3 is 14.5 Å². The first-order chi connectivity index (χ1) is 20.4. The molecule has 10 nitrogen and oxygen atoms in total. The average molecular weight is 581 g/mol. The van der Waals surface area contributed by atoms with Crippen molar-refractivity contribution in [2.24, 2.45) is 0 Å². The lowest BCUT2D eigenvalue weighted by Crippen LogP contribution is -2.49. The normalized spacial score (nSPS) is 13.6. The number of hydrogen-bond acceptors (Lipinski definition) is 8. The third-order valence-electron chi connectivity index (χ3n) is 7.13. The number of fused-ring (bicyclic) bond motifs is 1. The molecule has 212 valence electrons. The number of anilines is 2. The van der Waals surface area contributed by atoms with Gasteiger partial charge in [-0.3, -0.25) is 19.5 Å². The molecule has 2 aromatic heterocycles. The third kappa shape index (κ3) is 5.72. The number of methoxy groups -OCH3 is 1. The SMILES string of the molecule is COc1ccc(C(=O)N2CCN(c3cnc4ccc(-c5cncc(NS(=O)(=O)c6ccccc6)c5)cc4n3)CC2)cc1. The first-order valence-corrected chi connectivity index (χ1v) is 14.9. The predicted molar refractivity (Wildman–Crippen MR) is 161 cm³/mol. The zero-order chi connectivity index (χ0) is 29.1. The van der Waals surface area contributed by atoms with Gasteiger partial charge in [-0.15, -0.1) is 0 Å². The number of rotatable bonds is 7. The highest BCUT2D eigenvalue weighted by Gasteiger charge is 2.23. The van der Waals surface area contributed by atoms with E-state index in [-0.39, 0.29) is 10.8 Å². The van der Waals surface area contributed by atoms with Crippen molar-refractivity contribution >= 4 is 38.5 Å². The topological polar surface area (TPSA) is 118 Å². The Labute approximate surface area is 243 Å². The minimum Gasteiger partial charge on any atom is -0.497 e. The number of ether oxygens (including phenoxy) is 1. The highest BCUT2D eigenvalue weighted by Crippen LogP contribution is 2.27. The summed E-state index contributed by atoms with van der Waals surface area (Å²) in [5.41, 5.74) is 4.01. The van der Waals surface area contributed by atoms with E-state index in [0.29, 0.717) is 48.7 Å². The maximum atomic E-state index is 13.0. The summed E-state index contributed by atoms with van der Waals surface area (Å²) in [6.45, 7) is 2.41. The third-order valence-corrected chi connectivity index (χ3v) is 8.53. The molecular weight excluding hydrogens is 552 g/mol. The van der Waals surface area contributed by atoms with Gasteiger partial charge in [0.2, 0.25) is 0 Å². The van der Waals surface area contributed by atoms with Crippen LogP contribution >= 0.6 is 0 Å². The number of amides is 1. The van der Waals surface area contributed by atoms with Crippen LogP contribution in [-0.2, 0) is 10.0 Å².